The molecule has 0 atom stereocenters. The maximum absolute atomic E-state index is 13.5. The van der Waals surface area contributed by atoms with Gasteiger partial charge in [-0.1, -0.05) is 35.4 Å². The lowest BCUT2D eigenvalue weighted by Crippen LogP contribution is -2.15. The van der Waals surface area contributed by atoms with Crippen molar-refractivity contribution in [2.24, 2.45) is 0 Å². The van der Waals surface area contributed by atoms with E-state index < -0.39 is 9.84 Å². The summed E-state index contributed by atoms with van der Waals surface area (Å²) in [5.41, 5.74) is 2.83. The molecule has 0 aliphatic rings. The summed E-state index contributed by atoms with van der Waals surface area (Å²) in [5.74, 6) is 0.185. The zero-order valence-corrected chi connectivity index (χ0v) is 17.0. The molecule has 0 saturated carbocycles. The lowest BCUT2D eigenvalue weighted by Gasteiger charge is -2.09. The molecule has 0 aliphatic carbocycles. The Morgan fingerprint density at radius 1 is 0.931 bits per heavy atom. The SMILES string of the molecule is Cc1ccc(Nc2[nH]n3c(=O)cc(C)nc3c2S(=O)(=O)c2ccc(C)cc2)cc1. The van der Waals surface area contributed by atoms with Crippen molar-refractivity contribution >= 4 is 27.0 Å². The molecule has 148 valence electrons. The van der Waals surface area contributed by atoms with Gasteiger partial charge in [0, 0.05) is 17.4 Å². The van der Waals surface area contributed by atoms with Crippen molar-refractivity contribution in [3.8, 4) is 0 Å². The normalized spacial score (nSPS) is 11.7. The van der Waals surface area contributed by atoms with E-state index in [1.165, 1.54) is 6.07 Å². The monoisotopic (exact) mass is 408 g/mol. The van der Waals surface area contributed by atoms with Crippen molar-refractivity contribution in [3.05, 3.63) is 81.8 Å². The number of H-pyrrole nitrogens is 1. The number of benzene rings is 2. The van der Waals surface area contributed by atoms with Gasteiger partial charge in [0.05, 0.1) is 4.90 Å². The Hall–Kier alpha value is -3.39. The van der Waals surface area contributed by atoms with Gasteiger partial charge in [0.25, 0.3) is 5.56 Å². The number of nitrogens with zero attached hydrogens (tertiary/aromatic N) is 2. The first-order chi connectivity index (χ1) is 13.8. The van der Waals surface area contributed by atoms with E-state index in [2.05, 4.69) is 15.4 Å². The van der Waals surface area contributed by atoms with E-state index in [1.54, 1.807) is 31.2 Å². The quantitative estimate of drug-likeness (QED) is 0.539. The maximum atomic E-state index is 13.5. The number of hydrogen-bond donors (Lipinski definition) is 2. The summed E-state index contributed by atoms with van der Waals surface area (Å²) in [5, 5.41) is 5.95. The Kier molecular flexibility index (Phi) is 4.50. The van der Waals surface area contributed by atoms with E-state index in [0.717, 1.165) is 15.6 Å². The second kappa shape index (κ2) is 6.89. The first-order valence-electron chi connectivity index (χ1n) is 9.03. The molecule has 2 aromatic heterocycles. The van der Waals surface area contributed by atoms with Gasteiger partial charge < -0.3 is 5.32 Å². The Morgan fingerprint density at radius 2 is 1.52 bits per heavy atom. The molecule has 4 rings (SSSR count). The highest BCUT2D eigenvalue weighted by atomic mass is 32.2. The minimum atomic E-state index is -3.95. The van der Waals surface area contributed by atoms with Gasteiger partial charge >= 0.3 is 0 Å². The molecule has 0 aliphatic heterocycles. The second-order valence-corrected chi connectivity index (χ2v) is 8.90. The molecule has 4 aromatic rings. The number of rotatable bonds is 4. The third-order valence-corrected chi connectivity index (χ3v) is 6.44. The highest BCUT2D eigenvalue weighted by molar-refractivity contribution is 7.91. The Morgan fingerprint density at radius 3 is 2.14 bits per heavy atom. The zero-order valence-electron chi connectivity index (χ0n) is 16.2. The molecule has 0 bridgehead atoms. The minimum absolute atomic E-state index is 0.0604. The van der Waals surface area contributed by atoms with E-state index in [1.807, 2.05) is 38.1 Å². The number of nitrogens with one attached hydrogen (secondary N) is 2. The van der Waals surface area contributed by atoms with Crippen LogP contribution in [0.2, 0.25) is 0 Å². The molecule has 29 heavy (non-hydrogen) atoms. The molecule has 0 saturated heterocycles. The van der Waals surface area contributed by atoms with E-state index in [0.29, 0.717) is 11.4 Å². The van der Waals surface area contributed by atoms with Crippen molar-refractivity contribution < 1.29 is 8.42 Å². The number of aromatic nitrogens is 3. The number of hydrogen-bond acceptors (Lipinski definition) is 5. The summed E-state index contributed by atoms with van der Waals surface area (Å²) >= 11 is 0. The van der Waals surface area contributed by atoms with Crippen molar-refractivity contribution in [3.63, 3.8) is 0 Å². The summed E-state index contributed by atoms with van der Waals surface area (Å²) in [4.78, 5) is 16.8. The van der Waals surface area contributed by atoms with Crippen molar-refractivity contribution in [1.29, 1.82) is 0 Å². The number of fused-ring (bicyclic) bond motifs is 1. The second-order valence-electron chi connectivity index (χ2n) is 7.02. The largest absolute Gasteiger partial charge is 0.339 e. The Bertz CT molecular complexity index is 1370. The average molecular weight is 408 g/mol. The minimum Gasteiger partial charge on any atom is -0.339 e. The molecular formula is C21H20N4O3S. The van der Waals surface area contributed by atoms with E-state index in [9.17, 15) is 13.2 Å². The molecule has 2 N–H and O–H groups in total. The van der Waals surface area contributed by atoms with Gasteiger partial charge in [0.1, 0.15) is 5.82 Å². The van der Waals surface area contributed by atoms with Crippen LogP contribution in [-0.4, -0.2) is 23.0 Å². The molecule has 2 aromatic carbocycles. The Balaban J connectivity index is 1.98. The summed E-state index contributed by atoms with van der Waals surface area (Å²) in [6, 6.07) is 15.4. The van der Waals surface area contributed by atoms with E-state index in [-0.39, 0.29) is 26.8 Å². The van der Waals surface area contributed by atoms with Crippen LogP contribution >= 0.6 is 0 Å². The molecule has 2 heterocycles. The van der Waals surface area contributed by atoms with Gasteiger partial charge in [-0.05, 0) is 45.0 Å². The number of aryl methyl sites for hydroxylation is 3. The van der Waals surface area contributed by atoms with E-state index >= 15 is 0 Å². The van der Waals surface area contributed by atoms with Crippen LogP contribution in [0.3, 0.4) is 0 Å². The van der Waals surface area contributed by atoms with Gasteiger partial charge in [-0.15, -0.1) is 0 Å². The molecule has 0 fully saturated rings. The third kappa shape index (κ3) is 3.42. The topological polar surface area (TPSA) is 96.3 Å². The average Bonchev–Trinajstić information content (AvgIpc) is 3.03. The number of anilines is 2. The molecule has 8 heteroatoms. The van der Waals surface area contributed by atoms with Crippen LogP contribution in [0.25, 0.3) is 5.65 Å². The first-order valence-corrected chi connectivity index (χ1v) is 10.5. The summed E-state index contributed by atoms with van der Waals surface area (Å²) < 4.78 is 28.1. The molecule has 7 nitrogen and oxygen atoms in total. The molecular weight excluding hydrogens is 388 g/mol. The van der Waals surface area contributed by atoms with Crippen LogP contribution < -0.4 is 10.9 Å². The third-order valence-electron chi connectivity index (χ3n) is 4.62. The zero-order chi connectivity index (χ0) is 20.8. The summed E-state index contributed by atoms with van der Waals surface area (Å²) in [7, 11) is -3.95. The van der Waals surface area contributed by atoms with Crippen LogP contribution in [0.5, 0.6) is 0 Å². The fourth-order valence-electron chi connectivity index (χ4n) is 3.09. The molecule has 0 amide bonds. The molecule has 0 radical (unpaired) electrons. The van der Waals surface area contributed by atoms with Crippen LogP contribution in [0.4, 0.5) is 11.5 Å². The fourth-order valence-corrected chi connectivity index (χ4v) is 4.56. The molecule has 0 spiro atoms. The van der Waals surface area contributed by atoms with Gasteiger partial charge in [-0.3, -0.25) is 9.89 Å². The Labute approximate surface area is 168 Å². The van der Waals surface area contributed by atoms with Crippen molar-refractivity contribution in [2.45, 2.75) is 30.6 Å². The van der Waals surface area contributed by atoms with Crippen LogP contribution in [0, 0.1) is 20.8 Å². The molecule has 0 unspecified atom stereocenters. The predicted octanol–water partition coefficient (Wildman–Crippen LogP) is 3.52. The number of aromatic amines is 1. The standard InChI is InChI=1S/C21H20N4O3S/c1-13-4-8-16(9-5-13)23-20-19(21-22-15(3)12-18(26)25(21)24-20)29(27,28)17-10-6-14(2)7-11-17/h4-12,23-24H,1-3H3. The van der Waals surface area contributed by atoms with Gasteiger partial charge in [0.15, 0.2) is 10.5 Å². The van der Waals surface area contributed by atoms with Crippen molar-refractivity contribution in [2.75, 3.05) is 5.32 Å². The van der Waals surface area contributed by atoms with Gasteiger partial charge in [-0.2, -0.15) is 4.52 Å². The summed E-state index contributed by atoms with van der Waals surface area (Å²) in [6.07, 6.45) is 0. The fraction of sp³-hybridized carbons (Fsp3) is 0.143. The van der Waals surface area contributed by atoms with Crippen LogP contribution in [0.15, 0.2) is 69.2 Å². The lowest BCUT2D eigenvalue weighted by atomic mass is 10.2. The van der Waals surface area contributed by atoms with Gasteiger partial charge in [0.2, 0.25) is 9.84 Å². The highest BCUT2D eigenvalue weighted by Gasteiger charge is 2.29. The maximum Gasteiger partial charge on any atom is 0.272 e. The predicted molar refractivity (Wildman–Crippen MR) is 112 cm³/mol. The van der Waals surface area contributed by atoms with Crippen LogP contribution in [-0.2, 0) is 9.84 Å². The van der Waals surface area contributed by atoms with Crippen molar-refractivity contribution in [1.82, 2.24) is 14.6 Å². The van der Waals surface area contributed by atoms with E-state index in [4.69, 9.17) is 0 Å². The number of sulfone groups is 1. The lowest BCUT2D eigenvalue weighted by molar-refractivity contribution is 0.597. The van der Waals surface area contributed by atoms with Gasteiger partial charge in [-0.25, -0.2) is 13.4 Å². The van der Waals surface area contributed by atoms with Crippen LogP contribution in [0.1, 0.15) is 16.8 Å². The smallest absolute Gasteiger partial charge is 0.272 e. The highest BCUT2D eigenvalue weighted by Crippen LogP contribution is 2.32. The first kappa shape index (κ1) is 18.9. The summed E-state index contributed by atoms with van der Waals surface area (Å²) in [6.45, 7) is 5.51.